The summed E-state index contributed by atoms with van der Waals surface area (Å²) < 4.78 is 132. The Balaban J connectivity index is 3.74. The molecule has 1 aromatic carbocycles. The molecule has 0 fully saturated rings. The van der Waals surface area contributed by atoms with E-state index < -0.39 is 70.3 Å². The first-order chi connectivity index (χ1) is 11.8. The minimum atomic E-state index is -5.90. The SMILES string of the molecule is CC(C)(C)C(O)C(C(O)c1c(F)c(F)c(C(F)(F)F)c(F)c1F)C(F)(F)F. The average molecular weight is 416 g/mol. The molecule has 0 radical (unpaired) electrons. The number of aliphatic hydroxyl groups excluding tert-OH is 2. The highest BCUT2D eigenvalue weighted by molar-refractivity contribution is 5.33. The van der Waals surface area contributed by atoms with E-state index in [1.54, 1.807) is 0 Å². The van der Waals surface area contributed by atoms with Gasteiger partial charge in [-0.1, -0.05) is 20.8 Å². The molecule has 0 saturated heterocycles. The van der Waals surface area contributed by atoms with Crippen LogP contribution in [0.2, 0.25) is 0 Å². The third-order valence-electron chi connectivity index (χ3n) is 3.82. The standard InChI is InChI=1S/C15H14F10O2/c1-13(2,3)12(27)6(15(23,24)25)11(26)4-7(16)9(18)5(14(20,21)22)10(19)8(4)17/h6,11-12,26-27H,1-3H3. The van der Waals surface area contributed by atoms with E-state index in [4.69, 9.17) is 0 Å². The van der Waals surface area contributed by atoms with E-state index in [9.17, 15) is 54.1 Å². The van der Waals surface area contributed by atoms with Crippen molar-refractivity contribution in [1.29, 1.82) is 0 Å². The number of hydrogen-bond donors (Lipinski definition) is 2. The number of aliphatic hydroxyl groups is 2. The lowest BCUT2D eigenvalue weighted by Gasteiger charge is -2.37. The van der Waals surface area contributed by atoms with Gasteiger partial charge in [0, 0.05) is 0 Å². The predicted octanol–water partition coefficient (Wildman–Crippen LogP) is 4.88. The maximum Gasteiger partial charge on any atom is 0.422 e. The Hall–Kier alpha value is -1.56. The van der Waals surface area contributed by atoms with Gasteiger partial charge in [-0.2, -0.15) is 26.3 Å². The van der Waals surface area contributed by atoms with Crippen LogP contribution in [0.4, 0.5) is 43.9 Å². The summed E-state index contributed by atoms with van der Waals surface area (Å²) in [6.07, 6.45) is -17.4. The van der Waals surface area contributed by atoms with Gasteiger partial charge in [0.25, 0.3) is 0 Å². The fourth-order valence-corrected chi connectivity index (χ4v) is 2.41. The molecule has 2 nitrogen and oxygen atoms in total. The van der Waals surface area contributed by atoms with Crippen molar-refractivity contribution in [3.63, 3.8) is 0 Å². The summed E-state index contributed by atoms with van der Waals surface area (Å²) in [5.74, 6) is -15.1. The molecule has 0 aliphatic carbocycles. The van der Waals surface area contributed by atoms with Crippen LogP contribution in [0.1, 0.15) is 38.0 Å². The summed E-state index contributed by atoms with van der Waals surface area (Å²) in [6, 6.07) is 0. The molecule has 3 unspecified atom stereocenters. The maximum absolute atomic E-state index is 13.9. The van der Waals surface area contributed by atoms with Crippen LogP contribution in [-0.2, 0) is 6.18 Å². The minimum Gasteiger partial charge on any atom is -0.392 e. The van der Waals surface area contributed by atoms with Crippen molar-refractivity contribution in [1.82, 2.24) is 0 Å². The van der Waals surface area contributed by atoms with Gasteiger partial charge in [-0.25, -0.2) is 17.6 Å². The molecule has 0 aliphatic rings. The highest BCUT2D eigenvalue weighted by atomic mass is 19.4. The van der Waals surface area contributed by atoms with Gasteiger partial charge in [0.05, 0.1) is 17.8 Å². The van der Waals surface area contributed by atoms with Gasteiger partial charge in [0.1, 0.15) is 11.5 Å². The molecule has 0 bridgehead atoms. The fourth-order valence-electron chi connectivity index (χ4n) is 2.41. The molecule has 0 spiro atoms. The van der Waals surface area contributed by atoms with Crippen molar-refractivity contribution in [2.75, 3.05) is 0 Å². The van der Waals surface area contributed by atoms with E-state index >= 15 is 0 Å². The van der Waals surface area contributed by atoms with Crippen LogP contribution in [0, 0.1) is 34.6 Å². The summed E-state index contributed by atoms with van der Waals surface area (Å²) in [5, 5.41) is 19.6. The fraction of sp³-hybridized carbons (Fsp3) is 0.600. The molecule has 0 aromatic heterocycles. The van der Waals surface area contributed by atoms with Crippen molar-refractivity contribution in [2.45, 2.75) is 45.3 Å². The van der Waals surface area contributed by atoms with E-state index in [0.717, 1.165) is 20.8 Å². The van der Waals surface area contributed by atoms with Crippen LogP contribution in [0.3, 0.4) is 0 Å². The zero-order valence-corrected chi connectivity index (χ0v) is 13.9. The van der Waals surface area contributed by atoms with Crippen LogP contribution in [0.5, 0.6) is 0 Å². The van der Waals surface area contributed by atoms with Crippen LogP contribution < -0.4 is 0 Å². The second-order valence-corrected chi connectivity index (χ2v) is 6.87. The third kappa shape index (κ3) is 4.48. The first-order valence-corrected chi connectivity index (χ1v) is 7.19. The normalized spacial score (nSPS) is 17.0. The van der Waals surface area contributed by atoms with E-state index in [1.165, 1.54) is 0 Å². The predicted molar refractivity (Wildman–Crippen MR) is 71.2 cm³/mol. The number of hydrogen-bond acceptors (Lipinski definition) is 2. The quantitative estimate of drug-likeness (QED) is 0.545. The highest BCUT2D eigenvalue weighted by Crippen LogP contribution is 2.46. The zero-order valence-electron chi connectivity index (χ0n) is 13.9. The smallest absolute Gasteiger partial charge is 0.392 e. The van der Waals surface area contributed by atoms with Gasteiger partial charge >= 0.3 is 12.4 Å². The Labute approximate surface area is 146 Å². The minimum absolute atomic E-state index is 1.06. The van der Waals surface area contributed by atoms with Crippen molar-refractivity contribution >= 4 is 0 Å². The molecule has 0 aliphatic heterocycles. The first-order valence-electron chi connectivity index (χ1n) is 7.19. The molecule has 0 heterocycles. The summed E-state index contributed by atoms with van der Waals surface area (Å²) in [6.45, 7) is 3.18. The molecule has 1 aromatic rings. The number of alkyl halides is 6. The summed E-state index contributed by atoms with van der Waals surface area (Å²) in [5.41, 5.74) is -6.92. The molecule has 0 saturated carbocycles. The molecule has 156 valence electrons. The lowest BCUT2D eigenvalue weighted by Crippen LogP contribution is -2.45. The molecular weight excluding hydrogens is 402 g/mol. The lowest BCUT2D eigenvalue weighted by molar-refractivity contribution is -0.241. The van der Waals surface area contributed by atoms with Crippen molar-refractivity contribution in [3.05, 3.63) is 34.4 Å². The molecule has 12 heteroatoms. The Morgan fingerprint density at radius 2 is 1.07 bits per heavy atom. The molecule has 27 heavy (non-hydrogen) atoms. The number of halogens is 10. The van der Waals surface area contributed by atoms with Gasteiger partial charge in [-0.3, -0.25) is 0 Å². The number of benzene rings is 1. The summed E-state index contributed by atoms with van der Waals surface area (Å²) >= 11 is 0. The van der Waals surface area contributed by atoms with E-state index in [1.807, 2.05) is 0 Å². The Kier molecular flexibility index (Phi) is 6.19. The van der Waals surface area contributed by atoms with Gasteiger partial charge in [-0.05, 0) is 5.41 Å². The Bertz CT molecular complexity index is 674. The average Bonchev–Trinajstić information content (AvgIpc) is 2.41. The molecule has 3 atom stereocenters. The zero-order chi connectivity index (χ0) is 21.7. The van der Waals surface area contributed by atoms with Crippen molar-refractivity contribution in [2.24, 2.45) is 11.3 Å². The van der Waals surface area contributed by atoms with E-state index in [2.05, 4.69) is 0 Å². The third-order valence-corrected chi connectivity index (χ3v) is 3.82. The molecular formula is C15H14F10O2. The topological polar surface area (TPSA) is 40.5 Å². The summed E-state index contributed by atoms with van der Waals surface area (Å²) in [4.78, 5) is 0. The van der Waals surface area contributed by atoms with Crippen molar-refractivity contribution in [3.8, 4) is 0 Å². The first kappa shape index (κ1) is 23.5. The van der Waals surface area contributed by atoms with Crippen LogP contribution in [0.25, 0.3) is 0 Å². The van der Waals surface area contributed by atoms with Gasteiger partial charge in [0.15, 0.2) is 23.3 Å². The van der Waals surface area contributed by atoms with Crippen LogP contribution in [-0.4, -0.2) is 22.5 Å². The molecule has 1 rings (SSSR count). The lowest BCUT2D eigenvalue weighted by atomic mass is 9.77. The summed E-state index contributed by atoms with van der Waals surface area (Å²) in [7, 11) is 0. The Morgan fingerprint density at radius 3 is 1.33 bits per heavy atom. The Morgan fingerprint density at radius 1 is 0.704 bits per heavy atom. The van der Waals surface area contributed by atoms with Gasteiger partial charge < -0.3 is 10.2 Å². The van der Waals surface area contributed by atoms with E-state index in [-0.39, 0.29) is 0 Å². The second kappa shape index (κ2) is 7.12. The second-order valence-electron chi connectivity index (χ2n) is 6.87. The number of rotatable bonds is 3. The van der Waals surface area contributed by atoms with Gasteiger partial charge in [0.2, 0.25) is 0 Å². The maximum atomic E-state index is 13.9. The highest BCUT2D eigenvalue weighted by Gasteiger charge is 2.54. The van der Waals surface area contributed by atoms with Gasteiger partial charge in [-0.15, -0.1) is 0 Å². The largest absolute Gasteiger partial charge is 0.422 e. The van der Waals surface area contributed by atoms with Crippen LogP contribution in [0.15, 0.2) is 0 Å². The van der Waals surface area contributed by atoms with Crippen LogP contribution >= 0.6 is 0 Å². The van der Waals surface area contributed by atoms with E-state index in [0.29, 0.717) is 0 Å². The molecule has 0 amide bonds. The van der Waals surface area contributed by atoms with Crippen molar-refractivity contribution < 1.29 is 54.1 Å². The monoisotopic (exact) mass is 416 g/mol. The molecule has 2 N–H and O–H groups in total.